The predicted octanol–water partition coefficient (Wildman–Crippen LogP) is 1.49. The summed E-state index contributed by atoms with van der Waals surface area (Å²) in [6, 6.07) is 9.28. The second-order valence-electron chi connectivity index (χ2n) is 7.55. The molecule has 0 aliphatic carbocycles. The van der Waals surface area contributed by atoms with Crippen LogP contribution in [0, 0.1) is 18.6 Å². The lowest BCUT2D eigenvalue weighted by molar-refractivity contribution is -0.140. The largest absolute Gasteiger partial charge is 0.360 e. The van der Waals surface area contributed by atoms with Crippen molar-refractivity contribution in [2.24, 2.45) is 0 Å². The highest BCUT2D eigenvalue weighted by Crippen LogP contribution is 2.23. The van der Waals surface area contributed by atoms with Gasteiger partial charge in [-0.3, -0.25) is 9.59 Å². The molecule has 3 rings (SSSR count). The van der Waals surface area contributed by atoms with Crippen LogP contribution in [-0.2, 0) is 30.8 Å². The Morgan fingerprint density at radius 2 is 1.79 bits per heavy atom. The molecule has 2 N–H and O–H groups in total. The Morgan fingerprint density at radius 3 is 2.48 bits per heavy atom. The smallest absolute Gasteiger partial charge is 0.309 e. The maximum atomic E-state index is 13.6. The molecule has 178 valence electrons. The van der Waals surface area contributed by atoms with Crippen molar-refractivity contribution in [1.29, 1.82) is 0 Å². The third-order valence-electron chi connectivity index (χ3n) is 5.15. The first-order valence-electron chi connectivity index (χ1n) is 10.4. The summed E-state index contributed by atoms with van der Waals surface area (Å²) in [5.74, 6) is -2.69. The van der Waals surface area contributed by atoms with Crippen LogP contribution >= 0.6 is 0 Å². The molecule has 0 saturated carbocycles. The molecule has 0 spiro atoms. The maximum Gasteiger partial charge on any atom is 0.309 e. The number of aryl methyl sites for hydroxylation is 1. The number of sulfonamides is 1. The molecule has 8 nitrogen and oxygen atoms in total. The van der Waals surface area contributed by atoms with Crippen LogP contribution < -0.4 is 10.6 Å². The first-order valence-corrected chi connectivity index (χ1v) is 11.8. The number of benzene rings is 2. The molecular formula is C22H25F2N3O5S. The van der Waals surface area contributed by atoms with E-state index in [1.165, 1.54) is 31.2 Å². The Morgan fingerprint density at radius 1 is 1.09 bits per heavy atom. The summed E-state index contributed by atoms with van der Waals surface area (Å²) in [7, 11) is -4.00. The number of halogens is 2. The van der Waals surface area contributed by atoms with Crippen LogP contribution in [0.5, 0.6) is 0 Å². The molecule has 2 aromatic rings. The summed E-state index contributed by atoms with van der Waals surface area (Å²) in [5.41, 5.74) is 0.987. The molecule has 1 heterocycles. The lowest BCUT2D eigenvalue weighted by Gasteiger charge is -2.34. The average molecular weight is 482 g/mol. The molecule has 1 atom stereocenters. The van der Waals surface area contributed by atoms with Gasteiger partial charge in [-0.25, -0.2) is 17.2 Å². The Hall–Kier alpha value is -2.89. The van der Waals surface area contributed by atoms with E-state index >= 15 is 0 Å². The summed E-state index contributed by atoms with van der Waals surface area (Å²) < 4.78 is 59.2. The molecule has 11 heteroatoms. The fraction of sp³-hybridized carbons (Fsp3) is 0.364. The Kier molecular flexibility index (Phi) is 8.11. The molecule has 33 heavy (non-hydrogen) atoms. The fourth-order valence-corrected chi connectivity index (χ4v) is 4.98. The van der Waals surface area contributed by atoms with Crippen molar-refractivity contribution in [3.63, 3.8) is 0 Å². The number of hydrogen-bond donors (Lipinski definition) is 2. The van der Waals surface area contributed by atoms with Crippen LogP contribution in [0.1, 0.15) is 17.5 Å². The highest BCUT2D eigenvalue weighted by molar-refractivity contribution is 7.89. The molecule has 1 saturated heterocycles. The topological polar surface area (TPSA) is 105 Å². The van der Waals surface area contributed by atoms with E-state index in [1.54, 1.807) is 12.1 Å². The number of nitrogens with zero attached hydrogens (tertiary/aromatic N) is 1. The van der Waals surface area contributed by atoms with E-state index in [1.807, 2.05) is 0 Å². The van der Waals surface area contributed by atoms with Gasteiger partial charge in [0.1, 0.15) is 17.9 Å². The highest BCUT2D eigenvalue weighted by Gasteiger charge is 2.35. The first-order chi connectivity index (χ1) is 15.7. The van der Waals surface area contributed by atoms with Gasteiger partial charge in [0.05, 0.1) is 18.0 Å². The number of rotatable bonds is 7. The zero-order valence-electron chi connectivity index (χ0n) is 18.0. The van der Waals surface area contributed by atoms with E-state index in [0.29, 0.717) is 19.4 Å². The highest BCUT2D eigenvalue weighted by atomic mass is 32.2. The lowest BCUT2D eigenvalue weighted by atomic mass is 10.1. The summed E-state index contributed by atoms with van der Waals surface area (Å²) in [6.45, 7) is 1.85. The Bertz CT molecular complexity index is 1110. The zero-order chi connectivity index (χ0) is 24.0. The van der Waals surface area contributed by atoms with Gasteiger partial charge in [0, 0.05) is 13.1 Å². The Balaban J connectivity index is 1.55. The molecule has 0 aromatic heterocycles. The van der Waals surface area contributed by atoms with Crippen LogP contribution in [0.2, 0.25) is 0 Å². The minimum Gasteiger partial charge on any atom is -0.360 e. The van der Waals surface area contributed by atoms with E-state index < -0.39 is 33.9 Å². The number of nitrogens with one attached hydrogen (secondary N) is 2. The fourth-order valence-electron chi connectivity index (χ4n) is 3.33. The van der Waals surface area contributed by atoms with E-state index in [4.69, 9.17) is 4.74 Å². The van der Waals surface area contributed by atoms with Crippen molar-refractivity contribution in [2.75, 3.05) is 26.2 Å². The quantitative estimate of drug-likeness (QED) is 0.583. The van der Waals surface area contributed by atoms with Gasteiger partial charge in [-0.15, -0.1) is 0 Å². The first kappa shape index (κ1) is 24.7. The Labute approximate surface area is 191 Å². The van der Waals surface area contributed by atoms with Gasteiger partial charge >= 0.3 is 11.8 Å². The molecule has 0 bridgehead atoms. The molecular weight excluding hydrogens is 456 g/mol. The molecule has 2 aromatic carbocycles. The minimum absolute atomic E-state index is 0.0817. The van der Waals surface area contributed by atoms with E-state index in [-0.39, 0.29) is 35.9 Å². The normalized spacial score (nSPS) is 16.9. The van der Waals surface area contributed by atoms with Crippen LogP contribution in [-0.4, -0.2) is 57.0 Å². The molecule has 1 aliphatic heterocycles. The summed E-state index contributed by atoms with van der Waals surface area (Å²) in [6.07, 6.45) is -0.146. The average Bonchev–Trinajstić information content (AvgIpc) is 2.80. The molecule has 1 fully saturated rings. The molecule has 0 unspecified atom stereocenters. The lowest BCUT2D eigenvalue weighted by Crippen LogP contribution is -2.53. The summed E-state index contributed by atoms with van der Waals surface area (Å²) in [4.78, 5) is 24.1. The second-order valence-corrected chi connectivity index (χ2v) is 9.44. The van der Waals surface area contributed by atoms with Crippen LogP contribution in [0.4, 0.5) is 8.78 Å². The number of carbonyl (C=O) groups excluding carboxylic acids is 2. The van der Waals surface area contributed by atoms with Crippen molar-refractivity contribution in [3.05, 3.63) is 65.2 Å². The molecule has 0 radical (unpaired) electrons. The third-order valence-corrected chi connectivity index (χ3v) is 7.03. The summed E-state index contributed by atoms with van der Waals surface area (Å²) in [5, 5.41) is 4.85. The van der Waals surface area contributed by atoms with Crippen molar-refractivity contribution in [2.45, 2.75) is 30.9 Å². The number of ether oxygens (including phenoxy) is 1. The maximum absolute atomic E-state index is 13.6. The van der Waals surface area contributed by atoms with Gasteiger partial charge in [0.25, 0.3) is 0 Å². The van der Waals surface area contributed by atoms with Crippen LogP contribution in [0.15, 0.2) is 47.4 Å². The monoisotopic (exact) mass is 481 g/mol. The van der Waals surface area contributed by atoms with Crippen LogP contribution in [0.3, 0.4) is 0 Å². The van der Waals surface area contributed by atoms with E-state index in [0.717, 1.165) is 15.9 Å². The van der Waals surface area contributed by atoms with Crippen molar-refractivity contribution >= 4 is 21.8 Å². The zero-order valence-corrected chi connectivity index (χ0v) is 18.8. The molecule has 2 amide bonds. The van der Waals surface area contributed by atoms with Crippen molar-refractivity contribution in [1.82, 2.24) is 14.9 Å². The van der Waals surface area contributed by atoms with Gasteiger partial charge < -0.3 is 15.4 Å². The van der Waals surface area contributed by atoms with Gasteiger partial charge in [-0.1, -0.05) is 12.1 Å². The second kappa shape index (κ2) is 10.8. The van der Waals surface area contributed by atoms with Gasteiger partial charge in [0.2, 0.25) is 10.0 Å². The van der Waals surface area contributed by atoms with Gasteiger partial charge in [-0.2, -0.15) is 4.31 Å². The van der Waals surface area contributed by atoms with Gasteiger partial charge in [-0.05, 0) is 61.2 Å². The predicted molar refractivity (Wildman–Crippen MR) is 116 cm³/mol. The number of amides is 2. The summed E-state index contributed by atoms with van der Waals surface area (Å²) >= 11 is 0. The number of carbonyl (C=O) groups is 2. The third kappa shape index (κ3) is 6.34. The van der Waals surface area contributed by atoms with Crippen LogP contribution in [0.25, 0.3) is 0 Å². The number of hydrogen-bond acceptors (Lipinski definition) is 5. The molecule has 1 aliphatic rings. The van der Waals surface area contributed by atoms with Gasteiger partial charge in [0.15, 0.2) is 0 Å². The van der Waals surface area contributed by atoms with Crippen molar-refractivity contribution in [3.8, 4) is 0 Å². The van der Waals surface area contributed by atoms with E-state index in [2.05, 4.69) is 10.6 Å². The SMILES string of the molecule is Cc1cc(S(=O)(=O)N2CCCO[C@@H]2CNC(=O)C(=O)NCCc2ccc(F)cc2)ccc1F. The minimum atomic E-state index is -4.00. The standard InChI is InChI=1S/C22H25F2N3O5S/c1-15-13-18(7-8-19(15)24)33(30,31)27-11-2-12-32-20(27)14-26-22(29)21(28)25-10-9-16-3-5-17(23)6-4-16/h3-8,13,20H,2,9-12,14H2,1H3,(H,25,28)(H,26,29)/t20-/m1/s1. The van der Waals surface area contributed by atoms with E-state index in [9.17, 15) is 26.8 Å². The van der Waals surface area contributed by atoms with Crippen molar-refractivity contribution < 1.29 is 31.5 Å².